The van der Waals surface area contributed by atoms with Crippen LogP contribution in [0.1, 0.15) is 43.4 Å². The van der Waals surface area contributed by atoms with E-state index < -0.39 is 0 Å². The maximum atomic E-state index is 6.09. The van der Waals surface area contributed by atoms with Crippen molar-refractivity contribution in [3.8, 4) is 5.75 Å². The summed E-state index contributed by atoms with van der Waals surface area (Å²) >= 11 is 0. The fourth-order valence-corrected chi connectivity index (χ4v) is 3.07. The van der Waals surface area contributed by atoms with Crippen molar-refractivity contribution >= 4 is 29.9 Å². The first kappa shape index (κ1) is 20.4. The highest BCUT2D eigenvalue weighted by Gasteiger charge is 2.33. The van der Waals surface area contributed by atoms with Gasteiger partial charge in [0.05, 0.1) is 18.3 Å². The number of nitrogens with one attached hydrogen (secondary N) is 2. The second-order valence-electron chi connectivity index (χ2n) is 6.82. The molecule has 0 saturated carbocycles. The number of benzene rings is 1. The zero-order chi connectivity index (χ0) is 17.9. The molecule has 7 heteroatoms. The minimum absolute atomic E-state index is 0. The molecule has 0 fully saturated rings. The number of ether oxygens (including phenoxy) is 1. The molecule has 2 heterocycles. The second kappa shape index (κ2) is 8.66. The first-order valence-electron chi connectivity index (χ1n) is 8.50. The van der Waals surface area contributed by atoms with Crippen LogP contribution in [0.3, 0.4) is 0 Å². The Morgan fingerprint density at radius 3 is 2.81 bits per heavy atom. The van der Waals surface area contributed by atoms with Gasteiger partial charge in [-0.2, -0.15) is 0 Å². The standard InChI is InChI=1S/C19H25N5O.HI/c1-13-21-10-9-14(23-13)12-22-18(20-4)24-16-11-19(2,3)25-17-8-6-5-7-15(16)17;/h5-10,16H,11-12H2,1-4H3,(H2,20,22,24);1H. The third kappa shape index (κ3) is 5.06. The number of nitrogens with zero attached hydrogens (tertiary/aromatic N) is 3. The summed E-state index contributed by atoms with van der Waals surface area (Å²) in [6.45, 7) is 6.70. The van der Waals surface area contributed by atoms with E-state index in [1.165, 1.54) is 0 Å². The summed E-state index contributed by atoms with van der Waals surface area (Å²) in [6, 6.07) is 10.2. The van der Waals surface area contributed by atoms with Crippen molar-refractivity contribution in [3.63, 3.8) is 0 Å². The number of aliphatic imine (C=N–C) groups is 1. The SMILES string of the molecule is CN=C(NCc1ccnc(C)n1)NC1CC(C)(C)Oc2ccccc21.I. The van der Waals surface area contributed by atoms with Gasteiger partial charge < -0.3 is 15.4 Å². The largest absolute Gasteiger partial charge is 0.487 e. The van der Waals surface area contributed by atoms with Crippen molar-refractivity contribution in [1.82, 2.24) is 20.6 Å². The van der Waals surface area contributed by atoms with Gasteiger partial charge in [-0.3, -0.25) is 4.99 Å². The van der Waals surface area contributed by atoms with Crippen molar-refractivity contribution in [2.75, 3.05) is 7.05 Å². The maximum absolute atomic E-state index is 6.09. The first-order valence-corrected chi connectivity index (χ1v) is 8.50. The third-order valence-corrected chi connectivity index (χ3v) is 4.18. The molecule has 1 unspecified atom stereocenters. The molecular weight excluding hydrogens is 441 g/mol. The van der Waals surface area contributed by atoms with E-state index in [0.717, 1.165) is 35.2 Å². The van der Waals surface area contributed by atoms with E-state index >= 15 is 0 Å². The molecular formula is C19H26IN5O. The van der Waals surface area contributed by atoms with Crippen molar-refractivity contribution in [2.24, 2.45) is 4.99 Å². The molecule has 1 aliphatic rings. The molecule has 26 heavy (non-hydrogen) atoms. The predicted octanol–water partition coefficient (Wildman–Crippen LogP) is 3.37. The summed E-state index contributed by atoms with van der Waals surface area (Å²) in [5.74, 6) is 2.44. The Balaban J connectivity index is 0.00000243. The quantitative estimate of drug-likeness (QED) is 0.412. The molecule has 6 nitrogen and oxygen atoms in total. The Morgan fingerprint density at radius 2 is 2.08 bits per heavy atom. The number of halogens is 1. The number of para-hydroxylation sites is 1. The van der Waals surface area contributed by atoms with Gasteiger partial charge >= 0.3 is 0 Å². The number of aromatic nitrogens is 2. The number of aryl methyl sites for hydroxylation is 1. The first-order chi connectivity index (χ1) is 12.0. The molecule has 1 aliphatic heterocycles. The van der Waals surface area contributed by atoms with E-state index in [0.29, 0.717) is 6.54 Å². The lowest BCUT2D eigenvalue weighted by atomic mass is 9.90. The van der Waals surface area contributed by atoms with Gasteiger partial charge in [-0.15, -0.1) is 24.0 Å². The van der Waals surface area contributed by atoms with Crippen molar-refractivity contribution < 1.29 is 4.74 Å². The maximum Gasteiger partial charge on any atom is 0.191 e. The number of guanidine groups is 1. The molecule has 0 spiro atoms. The van der Waals surface area contributed by atoms with Gasteiger partial charge in [0.1, 0.15) is 17.2 Å². The number of fused-ring (bicyclic) bond motifs is 1. The van der Waals surface area contributed by atoms with Crippen LogP contribution in [0, 0.1) is 6.92 Å². The summed E-state index contributed by atoms with van der Waals surface area (Å²) in [7, 11) is 1.77. The van der Waals surface area contributed by atoms with Crippen LogP contribution in [0.5, 0.6) is 5.75 Å². The van der Waals surface area contributed by atoms with E-state index in [1.54, 1.807) is 13.2 Å². The van der Waals surface area contributed by atoms with E-state index in [2.05, 4.69) is 45.5 Å². The number of hydrogen-bond donors (Lipinski definition) is 2. The van der Waals surface area contributed by atoms with Gasteiger partial charge in [0.2, 0.25) is 0 Å². The molecule has 0 radical (unpaired) electrons. The highest BCUT2D eigenvalue weighted by Crippen LogP contribution is 2.39. The third-order valence-electron chi connectivity index (χ3n) is 4.18. The van der Waals surface area contributed by atoms with Gasteiger partial charge in [0.25, 0.3) is 0 Å². The normalized spacial score (nSPS) is 18.2. The van der Waals surface area contributed by atoms with Crippen molar-refractivity contribution in [3.05, 3.63) is 53.6 Å². The molecule has 3 rings (SSSR count). The van der Waals surface area contributed by atoms with Gasteiger partial charge in [-0.05, 0) is 32.9 Å². The number of hydrogen-bond acceptors (Lipinski definition) is 4. The molecule has 2 N–H and O–H groups in total. The highest BCUT2D eigenvalue weighted by molar-refractivity contribution is 14.0. The summed E-state index contributed by atoms with van der Waals surface area (Å²) in [5, 5.41) is 6.84. The van der Waals surface area contributed by atoms with E-state index in [4.69, 9.17) is 4.74 Å². The Kier molecular flexibility index (Phi) is 6.80. The molecule has 1 atom stereocenters. The lowest BCUT2D eigenvalue weighted by Crippen LogP contribution is -2.45. The Morgan fingerprint density at radius 1 is 1.31 bits per heavy atom. The van der Waals surface area contributed by atoms with Crippen molar-refractivity contribution in [1.29, 1.82) is 0 Å². The molecule has 0 bridgehead atoms. The molecule has 0 amide bonds. The van der Waals surface area contributed by atoms with Crippen LogP contribution in [-0.4, -0.2) is 28.6 Å². The van der Waals surface area contributed by atoms with Crippen LogP contribution < -0.4 is 15.4 Å². The average Bonchev–Trinajstić information content (AvgIpc) is 2.57. The highest BCUT2D eigenvalue weighted by atomic mass is 127. The monoisotopic (exact) mass is 467 g/mol. The summed E-state index contributed by atoms with van der Waals surface area (Å²) in [5.41, 5.74) is 1.86. The Bertz CT molecular complexity index is 778. The topological polar surface area (TPSA) is 71.4 Å². The second-order valence-corrected chi connectivity index (χ2v) is 6.82. The fourth-order valence-electron chi connectivity index (χ4n) is 3.07. The van der Waals surface area contributed by atoms with E-state index in [9.17, 15) is 0 Å². The average molecular weight is 467 g/mol. The molecule has 0 saturated heterocycles. The molecule has 0 aliphatic carbocycles. The Hall–Kier alpha value is -1.90. The van der Waals surface area contributed by atoms with Crippen LogP contribution in [-0.2, 0) is 6.54 Å². The zero-order valence-electron chi connectivity index (χ0n) is 15.6. The smallest absolute Gasteiger partial charge is 0.191 e. The van der Waals surface area contributed by atoms with Crippen LogP contribution in [0.2, 0.25) is 0 Å². The Labute approximate surface area is 171 Å². The van der Waals surface area contributed by atoms with Gasteiger partial charge in [0.15, 0.2) is 5.96 Å². The summed E-state index contributed by atoms with van der Waals surface area (Å²) in [6.07, 6.45) is 2.63. The molecule has 140 valence electrons. The van der Waals surface area contributed by atoms with Gasteiger partial charge in [0, 0.05) is 25.2 Å². The van der Waals surface area contributed by atoms with Crippen LogP contribution in [0.25, 0.3) is 0 Å². The van der Waals surface area contributed by atoms with Crippen LogP contribution in [0.4, 0.5) is 0 Å². The predicted molar refractivity (Wildman–Crippen MR) is 114 cm³/mol. The van der Waals surface area contributed by atoms with Crippen LogP contribution >= 0.6 is 24.0 Å². The van der Waals surface area contributed by atoms with E-state index in [-0.39, 0.29) is 35.6 Å². The zero-order valence-corrected chi connectivity index (χ0v) is 17.9. The van der Waals surface area contributed by atoms with E-state index in [1.807, 2.05) is 31.2 Å². The van der Waals surface area contributed by atoms with Gasteiger partial charge in [-0.1, -0.05) is 18.2 Å². The minimum Gasteiger partial charge on any atom is -0.487 e. The lowest BCUT2D eigenvalue weighted by molar-refractivity contribution is 0.0694. The summed E-state index contributed by atoms with van der Waals surface area (Å²) < 4.78 is 6.09. The van der Waals surface area contributed by atoms with Gasteiger partial charge in [-0.25, -0.2) is 9.97 Å². The number of rotatable bonds is 3. The lowest BCUT2D eigenvalue weighted by Gasteiger charge is -2.38. The minimum atomic E-state index is -0.228. The van der Waals surface area contributed by atoms with Crippen molar-refractivity contribution in [2.45, 2.75) is 45.4 Å². The molecule has 2 aromatic rings. The fraction of sp³-hybridized carbons (Fsp3) is 0.421. The summed E-state index contributed by atoms with van der Waals surface area (Å²) in [4.78, 5) is 12.9. The van der Waals surface area contributed by atoms with Crippen LogP contribution in [0.15, 0.2) is 41.5 Å². The molecule has 1 aromatic heterocycles. The molecule has 1 aromatic carbocycles.